The SMILES string of the molecule is COCOc1ccc(C2=CCCC(=O)N2CC(F)F)cc1. The molecular weight excluding hydrogens is 280 g/mol. The zero-order chi connectivity index (χ0) is 15.2. The highest BCUT2D eigenvalue weighted by molar-refractivity contribution is 5.89. The summed E-state index contributed by atoms with van der Waals surface area (Å²) in [5.41, 5.74) is 1.25. The van der Waals surface area contributed by atoms with Gasteiger partial charge in [0.2, 0.25) is 5.91 Å². The number of benzene rings is 1. The molecular formula is C15H17F2NO3. The van der Waals surface area contributed by atoms with Crippen LogP contribution < -0.4 is 4.74 Å². The summed E-state index contributed by atoms with van der Waals surface area (Å²) in [6, 6.07) is 6.92. The van der Waals surface area contributed by atoms with Crippen molar-refractivity contribution < 1.29 is 23.0 Å². The number of hydrogen-bond donors (Lipinski definition) is 0. The summed E-state index contributed by atoms with van der Waals surface area (Å²) < 4.78 is 35.3. The Labute approximate surface area is 121 Å². The molecule has 0 saturated carbocycles. The molecule has 0 atom stereocenters. The number of hydrogen-bond acceptors (Lipinski definition) is 3. The highest BCUT2D eigenvalue weighted by Crippen LogP contribution is 2.27. The molecule has 2 rings (SSSR count). The van der Waals surface area contributed by atoms with Gasteiger partial charge in [0.1, 0.15) is 5.75 Å². The second kappa shape index (κ2) is 7.17. The maximum atomic E-state index is 12.6. The molecule has 0 unspecified atom stereocenters. The van der Waals surface area contributed by atoms with E-state index in [4.69, 9.17) is 9.47 Å². The third-order valence-electron chi connectivity index (χ3n) is 3.10. The molecule has 0 aliphatic carbocycles. The quantitative estimate of drug-likeness (QED) is 0.758. The van der Waals surface area contributed by atoms with E-state index in [0.717, 1.165) is 4.90 Å². The Morgan fingerprint density at radius 1 is 1.29 bits per heavy atom. The van der Waals surface area contributed by atoms with E-state index < -0.39 is 13.0 Å². The number of rotatable bonds is 6. The van der Waals surface area contributed by atoms with Crippen LogP contribution in [0.5, 0.6) is 5.75 Å². The largest absolute Gasteiger partial charge is 0.468 e. The van der Waals surface area contributed by atoms with Gasteiger partial charge in [-0.15, -0.1) is 0 Å². The average molecular weight is 297 g/mol. The van der Waals surface area contributed by atoms with Crippen LogP contribution in [0.2, 0.25) is 0 Å². The number of carbonyl (C=O) groups excluding carboxylic acids is 1. The van der Waals surface area contributed by atoms with E-state index in [-0.39, 0.29) is 19.1 Å². The third kappa shape index (κ3) is 4.01. The van der Waals surface area contributed by atoms with E-state index in [1.54, 1.807) is 24.3 Å². The molecule has 1 heterocycles. The van der Waals surface area contributed by atoms with Crippen LogP contribution in [-0.4, -0.2) is 37.7 Å². The highest BCUT2D eigenvalue weighted by Gasteiger charge is 2.25. The Kier molecular flexibility index (Phi) is 5.27. The van der Waals surface area contributed by atoms with Crippen molar-refractivity contribution in [3.8, 4) is 5.75 Å². The Balaban J connectivity index is 2.17. The Morgan fingerprint density at radius 2 is 2.00 bits per heavy atom. The maximum Gasteiger partial charge on any atom is 0.256 e. The van der Waals surface area contributed by atoms with Crippen molar-refractivity contribution in [1.82, 2.24) is 4.90 Å². The average Bonchev–Trinajstić information content (AvgIpc) is 2.47. The van der Waals surface area contributed by atoms with Gasteiger partial charge < -0.3 is 14.4 Å². The third-order valence-corrected chi connectivity index (χ3v) is 3.10. The number of amides is 1. The molecule has 0 saturated heterocycles. The van der Waals surface area contributed by atoms with Gasteiger partial charge in [0.25, 0.3) is 6.43 Å². The Bertz CT molecular complexity index is 514. The molecule has 6 heteroatoms. The summed E-state index contributed by atoms with van der Waals surface area (Å²) in [4.78, 5) is 13.0. The molecule has 4 nitrogen and oxygen atoms in total. The highest BCUT2D eigenvalue weighted by atomic mass is 19.3. The van der Waals surface area contributed by atoms with Crippen molar-refractivity contribution in [2.24, 2.45) is 0 Å². The predicted octanol–water partition coefficient (Wildman–Crippen LogP) is 2.90. The minimum absolute atomic E-state index is 0.137. The number of alkyl halides is 2. The van der Waals surface area contributed by atoms with Crippen molar-refractivity contribution in [2.45, 2.75) is 19.3 Å². The molecule has 1 aliphatic rings. The van der Waals surface area contributed by atoms with Gasteiger partial charge in [0.15, 0.2) is 6.79 Å². The number of allylic oxidation sites excluding steroid dienone is 1. The lowest BCUT2D eigenvalue weighted by molar-refractivity contribution is -0.129. The minimum Gasteiger partial charge on any atom is -0.468 e. The van der Waals surface area contributed by atoms with Crippen molar-refractivity contribution in [2.75, 3.05) is 20.4 Å². The molecule has 1 amide bonds. The zero-order valence-electron chi connectivity index (χ0n) is 11.7. The summed E-state index contributed by atoms with van der Waals surface area (Å²) in [6.45, 7) is -0.440. The molecule has 1 aromatic rings. The fourth-order valence-electron chi connectivity index (χ4n) is 2.17. The monoisotopic (exact) mass is 297 g/mol. The lowest BCUT2D eigenvalue weighted by Crippen LogP contribution is -2.35. The molecule has 0 spiro atoms. The predicted molar refractivity (Wildman–Crippen MR) is 73.9 cm³/mol. The van der Waals surface area contributed by atoms with Crippen LogP contribution in [0.25, 0.3) is 5.70 Å². The number of nitrogens with zero attached hydrogens (tertiary/aromatic N) is 1. The number of halogens is 2. The van der Waals surface area contributed by atoms with E-state index >= 15 is 0 Å². The molecule has 1 aliphatic heterocycles. The van der Waals surface area contributed by atoms with Crippen LogP contribution >= 0.6 is 0 Å². The summed E-state index contributed by atoms with van der Waals surface area (Å²) >= 11 is 0. The van der Waals surface area contributed by atoms with Gasteiger partial charge in [0, 0.05) is 19.2 Å². The van der Waals surface area contributed by atoms with Crippen LogP contribution in [0.3, 0.4) is 0 Å². The van der Waals surface area contributed by atoms with Gasteiger partial charge in [-0.05, 0) is 36.2 Å². The van der Waals surface area contributed by atoms with Crippen LogP contribution in [0.1, 0.15) is 18.4 Å². The van der Waals surface area contributed by atoms with Crippen LogP contribution in [0, 0.1) is 0 Å². The summed E-state index contributed by atoms with van der Waals surface area (Å²) in [5, 5.41) is 0. The number of ether oxygens (including phenoxy) is 2. The number of methoxy groups -OCH3 is 1. The summed E-state index contributed by atoms with van der Waals surface area (Å²) in [6.07, 6.45) is 0.0929. The first-order valence-corrected chi connectivity index (χ1v) is 6.62. The first-order valence-electron chi connectivity index (χ1n) is 6.62. The van der Waals surface area contributed by atoms with Crippen LogP contribution in [0.15, 0.2) is 30.3 Å². The molecule has 0 aromatic heterocycles. The van der Waals surface area contributed by atoms with E-state index in [1.807, 2.05) is 6.08 Å². The maximum absolute atomic E-state index is 12.6. The fourth-order valence-corrected chi connectivity index (χ4v) is 2.17. The molecule has 0 radical (unpaired) electrons. The first-order chi connectivity index (χ1) is 10.1. The fraction of sp³-hybridized carbons (Fsp3) is 0.400. The van der Waals surface area contributed by atoms with E-state index in [9.17, 15) is 13.6 Å². The Hall–Kier alpha value is -1.95. The van der Waals surface area contributed by atoms with Gasteiger partial charge in [-0.25, -0.2) is 8.78 Å². The smallest absolute Gasteiger partial charge is 0.256 e. The van der Waals surface area contributed by atoms with E-state index in [0.29, 0.717) is 23.4 Å². The Morgan fingerprint density at radius 3 is 2.62 bits per heavy atom. The van der Waals surface area contributed by atoms with Crippen molar-refractivity contribution in [3.63, 3.8) is 0 Å². The lowest BCUT2D eigenvalue weighted by Gasteiger charge is -2.28. The standard InChI is InChI=1S/C15H17F2NO3/c1-20-10-21-12-7-5-11(6-8-12)13-3-2-4-15(19)18(13)9-14(16)17/h3,5-8,14H,2,4,9-10H2,1H3. The molecule has 114 valence electrons. The summed E-state index contributed by atoms with van der Waals surface area (Å²) in [5.74, 6) is 0.344. The molecule has 0 N–H and O–H groups in total. The second-order valence-electron chi connectivity index (χ2n) is 4.60. The van der Waals surface area contributed by atoms with Crippen molar-refractivity contribution in [1.29, 1.82) is 0 Å². The van der Waals surface area contributed by atoms with Crippen LogP contribution in [-0.2, 0) is 9.53 Å². The van der Waals surface area contributed by atoms with Crippen molar-refractivity contribution >= 4 is 11.6 Å². The minimum atomic E-state index is -2.56. The normalized spacial score (nSPS) is 15.3. The van der Waals surface area contributed by atoms with Crippen LogP contribution in [0.4, 0.5) is 8.78 Å². The lowest BCUT2D eigenvalue weighted by atomic mass is 10.0. The van der Waals surface area contributed by atoms with E-state index in [2.05, 4.69) is 0 Å². The zero-order valence-corrected chi connectivity index (χ0v) is 11.7. The van der Waals surface area contributed by atoms with E-state index in [1.165, 1.54) is 7.11 Å². The number of carbonyl (C=O) groups is 1. The molecule has 0 fully saturated rings. The van der Waals surface area contributed by atoms with Gasteiger partial charge in [0.05, 0.1) is 6.54 Å². The van der Waals surface area contributed by atoms with Gasteiger partial charge >= 0.3 is 0 Å². The van der Waals surface area contributed by atoms with Gasteiger partial charge in [-0.3, -0.25) is 4.79 Å². The second-order valence-corrected chi connectivity index (χ2v) is 4.60. The molecule has 1 aromatic carbocycles. The van der Waals surface area contributed by atoms with Gasteiger partial charge in [-0.1, -0.05) is 6.08 Å². The topological polar surface area (TPSA) is 38.8 Å². The van der Waals surface area contributed by atoms with Gasteiger partial charge in [-0.2, -0.15) is 0 Å². The first kappa shape index (κ1) is 15.4. The molecule has 0 bridgehead atoms. The van der Waals surface area contributed by atoms with Crippen molar-refractivity contribution in [3.05, 3.63) is 35.9 Å². The summed E-state index contributed by atoms with van der Waals surface area (Å²) in [7, 11) is 1.52. The molecule has 21 heavy (non-hydrogen) atoms.